The monoisotopic (exact) mass is 372 g/mol. The predicted octanol–water partition coefficient (Wildman–Crippen LogP) is 4.44. The first kappa shape index (κ1) is 17.5. The zero-order chi connectivity index (χ0) is 17.6. The standard InChI is InChI=1S/C19H17ClN2O2S/c1-2-12-22-18-15(20)9-6-10-16(18)25-19(22)21-17(23)11-13-24-14-7-4-3-5-8-14/h2-10H,1,11-13H2. The second kappa shape index (κ2) is 8.14. The third-order valence-corrected chi connectivity index (χ3v) is 4.86. The molecule has 1 heterocycles. The van der Waals surface area contributed by atoms with E-state index in [1.165, 1.54) is 11.3 Å². The fourth-order valence-corrected chi connectivity index (χ4v) is 3.82. The van der Waals surface area contributed by atoms with Crippen molar-refractivity contribution in [3.05, 3.63) is 71.0 Å². The molecule has 0 bridgehead atoms. The average molecular weight is 373 g/mol. The summed E-state index contributed by atoms with van der Waals surface area (Å²) in [4.78, 5) is 17.1. The highest BCUT2D eigenvalue weighted by Crippen LogP contribution is 2.25. The smallest absolute Gasteiger partial charge is 0.251 e. The lowest BCUT2D eigenvalue weighted by Crippen LogP contribution is -2.17. The van der Waals surface area contributed by atoms with E-state index in [1.54, 1.807) is 6.08 Å². The highest BCUT2D eigenvalue weighted by Gasteiger charge is 2.10. The van der Waals surface area contributed by atoms with Gasteiger partial charge in [-0.05, 0) is 24.3 Å². The summed E-state index contributed by atoms with van der Waals surface area (Å²) in [5.74, 6) is 0.516. The molecule has 2 aromatic carbocycles. The molecule has 0 fully saturated rings. The van der Waals surface area contributed by atoms with Gasteiger partial charge in [0, 0.05) is 6.54 Å². The highest BCUT2D eigenvalue weighted by atomic mass is 35.5. The molecule has 0 N–H and O–H groups in total. The number of benzene rings is 2. The molecule has 25 heavy (non-hydrogen) atoms. The number of amides is 1. The van der Waals surface area contributed by atoms with Crippen LogP contribution in [0.5, 0.6) is 5.75 Å². The summed E-state index contributed by atoms with van der Waals surface area (Å²) in [5, 5.41) is 0.636. The Morgan fingerprint density at radius 3 is 2.80 bits per heavy atom. The van der Waals surface area contributed by atoms with Gasteiger partial charge in [-0.3, -0.25) is 4.79 Å². The molecule has 128 valence electrons. The highest BCUT2D eigenvalue weighted by molar-refractivity contribution is 7.16. The van der Waals surface area contributed by atoms with E-state index >= 15 is 0 Å². The van der Waals surface area contributed by atoms with Crippen LogP contribution in [-0.4, -0.2) is 17.1 Å². The van der Waals surface area contributed by atoms with Crippen molar-refractivity contribution in [3.63, 3.8) is 0 Å². The van der Waals surface area contributed by atoms with Gasteiger partial charge in [0.15, 0.2) is 4.80 Å². The number of hydrogen-bond acceptors (Lipinski definition) is 3. The van der Waals surface area contributed by atoms with E-state index < -0.39 is 0 Å². The number of allylic oxidation sites excluding steroid dienone is 1. The van der Waals surface area contributed by atoms with Gasteiger partial charge in [-0.1, -0.05) is 53.3 Å². The third kappa shape index (κ3) is 4.18. The maximum atomic E-state index is 12.2. The number of fused-ring (bicyclic) bond motifs is 1. The Morgan fingerprint density at radius 2 is 2.04 bits per heavy atom. The number of para-hydroxylation sites is 2. The van der Waals surface area contributed by atoms with Crippen molar-refractivity contribution in [2.75, 3.05) is 6.61 Å². The molecule has 0 radical (unpaired) electrons. The SMILES string of the molecule is C=CCn1c(=NC(=O)CCOc2ccccc2)sc2cccc(Cl)c21. The van der Waals surface area contributed by atoms with Crippen LogP contribution in [-0.2, 0) is 11.3 Å². The number of aromatic nitrogens is 1. The van der Waals surface area contributed by atoms with Crippen molar-refractivity contribution in [1.29, 1.82) is 0 Å². The van der Waals surface area contributed by atoms with Gasteiger partial charge in [-0.15, -0.1) is 6.58 Å². The predicted molar refractivity (Wildman–Crippen MR) is 102 cm³/mol. The Labute approximate surface area is 154 Å². The van der Waals surface area contributed by atoms with E-state index in [2.05, 4.69) is 11.6 Å². The number of halogens is 1. The minimum atomic E-state index is -0.226. The quantitative estimate of drug-likeness (QED) is 0.600. The summed E-state index contributed by atoms with van der Waals surface area (Å²) in [7, 11) is 0. The molecule has 6 heteroatoms. The number of ether oxygens (including phenoxy) is 1. The summed E-state index contributed by atoms with van der Waals surface area (Å²) >= 11 is 7.74. The molecule has 0 saturated heterocycles. The van der Waals surface area contributed by atoms with Gasteiger partial charge in [-0.25, -0.2) is 0 Å². The summed E-state index contributed by atoms with van der Waals surface area (Å²) in [5.41, 5.74) is 0.876. The summed E-state index contributed by atoms with van der Waals surface area (Å²) in [6, 6.07) is 15.1. The number of thiazole rings is 1. The van der Waals surface area contributed by atoms with Gasteiger partial charge in [0.2, 0.25) is 0 Å². The molecule has 3 rings (SSSR count). The van der Waals surface area contributed by atoms with Gasteiger partial charge in [-0.2, -0.15) is 4.99 Å². The summed E-state index contributed by atoms with van der Waals surface area (Å²) < 4.78 is 8.44. The minimum absolute atomic E-state index is 0.213. The summed E-state index contributed by atoms with van der Waals surface area (Å²) in [6.07, 6.45) is 1.97. The second-order valence-electron chi connectivity index (χ2n) is 5.29. The first-order valence-corrected chi connectivity index (χ1v) is 9.02. The van der Waals surface area contributed by atoms with E-state index in [4.69, 9.17) is 16.3 Å². The molecular weight excluding hydrogens is 356 g/mol. The molecule has 0 spiro atoms. The molecular formula is C19H17ClN2O2S. The fourth-order valence-electron chi connectivity index (χ4n) is 2.41. The molecule has 4 nitrogen and oxygen atoms in total. The van der Waals surface area contributed by atoms with Gasteiger partial charge in [0.1, 0.15) is 5.75 Å². The maximum Gasteiger partial charge on any atom is 0.251 e. The first-order valence-electron chi connectivity index (χ1n) is 7.83. The maximum absolute atomic E-state index is 12.2. The van der Waals surface area contributed by atoms with Crippen LogP contribution in [0.2, 0.25) is 5.02 Å². The molecule has 3 aromatic rings. The lowest BCUT2D eigenvalue weighted by atomic mass is 10.3. The van der Waals surface area contributed by atoms with Gasteiger partial charge in [0.05, 0.1) is 28.3 Å². The molecule has 0 atom stereocenters. The Balaban J connectivity index is 1.80. The van der Waals surface area contributed by atoms with Crippen LogP contribution in [0.1, 0.15) is 6.42 Å². The van der Waals surface area contributed by atoms with Crippen molar-refractivity contribution in [2.45, 2.75) is 13.0 Å². The van der Waals surface area contributed by atoms with Crippen molar-refractivity contribution < 1.29 is 9.53 Å². The van der Waals surface area contributed by atoms with E-state index in [-0.39, 0.29) is 12.3 Å². The Kier molecular flexibility index (Phi) is 5.68. The van der Waals surface area contributed by atoms with Gasteiger partial charge in [0.25, 0.3) is 5.91 Å². The normalized spacial score (nSPS) is 11.6. The number of carbonyl (C=O) groups excluding carboxylic acids is 1. The molecule has 0 saturated carbocycles. The lowest BCUT2D eigenvalue weighted by molar-refractivity contribution is -0.118. The first-order chi connectivity index (χ1) is 12.2. The van der Waals surface area contributed by atoms with Crippen molar-refractivity contribution in [3.8, 4) is 5.75 Å². The Morgan fingerprint density at radius 1 is 1.24 bits per heavy atom. The zero-order valence-corrected chi connectivity index (χ0v) is 15.1. The third-order valence-electron chi connectivity index (χ3n) is 3.51. The largest absolute Gasteiger partial charge is 0.493 e. The number of carbonyl (C=O) groups is 1. The lowest BCUT2D eigenvalue weighted by Gasteiger charge is -2.04. The minimum Gasteiger partial charge on any atom is -0.493 e. The van der Waals surface area contributed by atoms with Crippen molar-refractivity contribution in [1.82, 2.24) is 4.57 Å². The Hall–Kier alpha value is -2.37. The molecule has 1 amide bonds. The second-order valence-corrected chi connectivity index (χ2v) is 6.70. The number of rotatable bonds is 6. The number of hydrogen-bond donors (Lipinski definition) is 0. The van der Waals surface area contributed by atoms with Crippen LogP contribution in [0.4, 0.5) is 0 Å². The van der Waals surface area contributed by atoms with E-state index in [1.807, 2.05) is 53.1 Å². The number of nitrogens with zero attached hydrogens (tertiary/aromatic N) is 2. The summed E-state index contributed by atoms with van der Waals surface area (Å²) in [6.45, 7) is 4.60. The van der Waals surface area contributed by atoms with Gasteiger partial charge < -0.3 is 9.30 Å². The van der Waals surface area contributed by atoms with Crippen LogP contribution in [0, 0.1) is 0 Å². The van der Waals surface area contributed by atoms with Crippen LogP contribution in [0.15, 0.2) is 66.2 Å². The Bertz CT molecular complexity index is 960. The van der Waals surface area contributed by atoms with Gasteiger partial charge >= 0.3 is 0 Å². The van der Waals surface area contributed by atoms with E-state index in [9.17, 15) is 4.79 Å². The van der Waals surface area contributed by atoms with E-state index in [0.29, 0.717) is 23.0 Å². The van der Waals surface area contributed by atoms with Crippen LogP contribution in [0.3, 0.4) is 0 Å². The molecule has 0 aliphatic heterocycles. The average Bonchev–Trinajstić information content (AvgIpc) is 2.95. The van der Waals surface area contributed by atoms with E-state index in [0.717, 1.165) is 16.0 Å². The molecule has 0 aliphatic rings. The van der Waals surface area contributed by atoms with Crippen LogP contribution >= 0.6 is 22.9 Å². The molecule has 1 aromatic heterocycles. The van der Waals surface area contributed by atoms with Crippen LogP contribution < -0.4 is 9.54 Å². The zero-order valence-electron chi connectivity index (χ0n) is 13.5. The molecule has 0 unspecified atom stereocenters. The topological polar surface area (TPSA) is 43.6 Å². The van der Waals surface area contributed by atoms with Crippen LogP contribution in [0.25, 0.3) is 10.2 Å². The molecule has 0 aliphatic carbocycles. The fraction of sp³-hybridized carbons (Fsp3) is 0.158. The van der Waals surface area contributed by atoms with Crippen molar-refractivity contribution >= 4 is 39.1 Å². The van der Waals surface area contributed by atoms with Crippen molar-refractivity contribution in [2.24, 2.45) is 4.99 Å².